The standard InChI is InChI=1S/C74H66N4O/c1-46-20-18-21-47(2)69(46)64-41-52(74(9,10)11)40-63-59-27-15-13-25-57(59)56-24-12-14-26-58(56)62-38-49(48-30-32-50(33-31-48)72(3,4)5)39-67-71(62)77(70(63)64)45-76(67)53-22-19-23-54(43-53)79-55-34-35-61-60-28-16-17-29-65(60)78(66(61)44-55)68-42-51(36-37-75-68)73(6,7)8/h12-44H,1-11H3/i1D3,2D3,12D,13D,14D,15D,24D,25D,26D,27D. The number of benzene rings is 9. The van der Waals surface area contributed by atoms with Gasteiger partial charge in [0.2, 0.25) is 0 Å². The van der Waals surface area contributed by atoms with Gasteiger partial charge < -0.3 is 4.74 Å². The zero-order valence-corrected chi connectivity index (χ0v) is 45.6. The average molecular weight is 1040 g/mol. The van der Waals surface area contributed by atoms with Gasteiger partial charge in [0.25, 0.3) is 6.33 Å². The minimum atomic E-state index is -2.92. The van der Waals surface area contributed by atoms with Crippen LogP contribution < -0.4 is 9.30 Å². The molecule has 0 bridgehead atoms. The third-order valence-electron chi connectivity index (χ3n) is 15.3. The predicted octanol–water partition coefficient (Wildman–Crippen LogP) is 19.1. The molecule has 5 heteroatoms. The molecule has 0 aliphatic carbocycles. The van der Waals surface area contributed by atoms with Gasteiger partial charge in [-0.3, -0.25) is 13.7 Å². The lowest BCUT2D eigenvalue weighted by molar-refractivity contribution is -0.570. The molecule has 12 aromatic rings. The first-order chi connectivity index (χ1) is 43.6. The normalized spacial score (nSPS) is 15.4. The Balaban J connectivity index is 1.18. The minimum absolute atomic E-state index is 0.0606. The molecule has 1 aliphatic heterocycles. The molecule has 0 fully saturated rings. The number of hydrogen-bond acceptors (Lipinski definition) is 2. The quantitative estimate of drug-likeness (QED) is 0.123. The number of rotatable bonds is 6. The van der Waals surface area contributed by atoms with Crippen molar-refractivity contribution in [2.24, 2.45) is 0 Å². The number of para-hydroxylation sites is 1. The zero-order chi connectivity index (χ0) is 66.7. The summed E-state index contributed by atoms with van der Waals surface area (Å²) in [6, 6.07) is 40.1. The Bertz CT molecular complexity index is 5100. The van der Waals surface area contributed by atoms with E-state index in [1.165, 1.54) is 18.2 Å². The fraction of sp³-hybridized carbons (Fsp3) is 0.189. The highest BCUT2D eigenvalue weighted by molar-refractivity contribution is 6.09. The number of aryl methyl sites for hydroxylation is 2. The number of hydrogen-bond donors (Lipinski definition) is 0. The number of pyridine rings is 1. The van der Waals surface area contributed by atoms with Gasteiger partial charge in [0.1, 0.15) is 17.3 Å². The lowest BCUT2D eigenvalue weighted by Crippen LogP contribution is -2.32. The highest BCUT2D eigenvalue weighted by atomic mass is 16.5. The summed E-state index contributed by atoms with van der Waals surface area (Å²) in [6.45, 7) is 12.7. The first-order valence-corrected chi connectivity index (χ1v) is 26.6. The summed E-state index contributed by atoms with van der Waals surface area (Å²) in [5.74, 6) is 1.67. The van der Waals surface area contributed by atoms with Gasteiger partial charge in [-0.15, -0.1) is 0 Å². The highest BCUT2D eigenvalue weighted by Gasteiger charge is 2.30. The lowest BCUT2D eigenvalue weighted by atomic mass is 9.80. The van der Waals surface area contributed by atoms with Gasteiger partial charge in [-0.05, 0) is 168 Å². The van der Waals surface area contributed by atoms with Crippen LogP contribution in [0.1, 0.15) is 109 Å². The van der Waals surface area contributed by atoms with Crippen molar-refractivity contribution in [2.75, 3.05) is 0 Å². The van der Waals surface area contributed by atoms with Crippen LogP contribution in [0.3, 0.4) is 0 Å². The van der Waals surface area contributed by atoms with Crippen LogP contribution in [0.5, 0.6) is 11.5 Å². The largest absolute Gasteiger partial charge is 0.458 e. The molecule has 0 saturated carbocycles. The monoisotopic (exact) mass is 1040 g/mol. The highest BCUT2D eigenvalue weighted by Crippen LogP contribution is 2.48. The van der Waals surface area contributed by atoms with Gasteiger partial charge in [-0.25, -0.2) is 4.98 Å². The van der Waals surface area contributed by atoms with E-state index < -0.39 is 67.5 Å². The van der Waals surface area contributed by atoms with Gasteiger partial charge in [-0.2, -0.15) is 0 Å². The maximum absolute atomic E-state index is 10.1. The first-order valence-electron chi connectivity index (χ1n) is 33.6. The summed E-state index contributed by atoms with van der Waals surface area (Å²) >= 11 is 0. The summed E-state index contributed by atoms with van der Waals surface area (Å²) in [4.78, 5) is 4.89. The Morgan fingerprint density at radius 1 is 0.494 bits per heavy atom. The lowest BCUT2D eigenvalue weighted by Gasteiger charge is -2.27. The zero-order valence-electron chi connectivity index (χ0n) is 59.6. The van der Waals surface area contributed by atoms with Crippen LogP contribution >= 0.6 is 0 Å². The molecule has 4 heterocycles. The summed E-state index contributed by atoms with van der Waals surface area (Å²) in [5.41, 5.74) is 4.69. The van der Waals surface area contributed by atoms with E-state index in [1.807, 2.05) is 118 Å². The van der Waals surface area contributed by atoms with Gasteiger partial charge in [0.15, 0.2) is 0 Å². The second kappa shape index (κ2) is 18.4. The fourth-order valence-electron chi connectivity index (χ4n) is 11.1. The molecule has 0 saturated heterocycles. The molecule has 0 radical (unpaired) electrons. The number of nitrogens with zero attached hydrogens (tertiary/aromatic N) is 4. The van der Waals surface area contributed by atoms with Crippen LogP contribution in [0.25, 0.3) is 106 Å². The maximum atomic E-state index is 10.1. The van der Waals surface area contributed by atoms with Crippen molar-refractivity contribution in [1.82, 2.24) is 14.1 Å². The molecule has 3 aromatic heterocycles. The molecule has 0 spiro atoms. The van der Waals surface area contributed by atoms with Gasteiger partial charge in [0, 0.05) is 31.3 Å². The molecule has 0 atom stereocenters. The smallest absolute Gasteiger partial charge is 0.269 e. The van der Waals surface area contributed by atoms with Crippen LogP contribution in [0.4, 0.5) is 0 Å². The molecule has 9 aromatic carbocycles. The van der Waals surface area contributed by atoms with Gasteiger partial charge in [0.05, 0.1) is 44.4 Å². The van der Waals surface area contributed by atoms with Crippen LogP contribution in [0.15, 0.2) is 200 Å². The first kappa shape index (κ1) is 36.3. The molecule has 0 N–H and O–H groups in total. The third-order valence-corrected chi connectivity index (χ3v) is 15.3. The van der Waals surface area contributed by atoms with E-state index in [4.69, 9.17) is 17.9 Å². The molecule has 388 valence electrons. The van der Waals surface area contributed by atoms with Gasteiger partial charge in [-0.1, -0.05) is 196 Å². The van der Waals surface area contributed by atoms with Crippen molar-refractivity contribution in [3.8, 4) is 84.3 Å². The van der Waals surface area contributed by atoms with Crippen molar-refractivity contribution in [3.05, 3.63) is 234 Å². The Morgan fingerprint density at radius 3 is 1.80 bits per heavy atom. The third kappa shape index (κ3) is 8.55. The minimum Gasteiger partial charge on any atom is -0.458 e. The van der Waals surface area contributed by atoms with E-state index in [2.05, 4.69) is 70.6 Å². The number of ether oxygens (including phenoxy) is 1. The second-order valence-corrected chi connectivity index (χ2v) is 23.7. The second-order valence-electron chi connectivity index (χ2n) is 23.7. The number of fused-ring (bicyclic) bond motifs is 10. The van der Waals surface area contributed by atoms with Crippen molar-refractivity contribution in [2.45, 2.75) is 92.3 Å². The molecule has 0 unspecified atom stereocenters. The van der Waals surface area contributed by atoms with Crippen molar-refractivity contribution < 1.29 is 28.5 Å². The summed E-state index contributed by atoms with van der Waals surface area (Å²) in [6.07, 6.45) is 5.48. The Labute approximate surface area is 484 Å². The molecule has 0 amide bonds. The van der Waals surface area contributed by atoms with Crippen LogP contribution in [0, 0.1) is 20.0 Å². The van der Waals surface area contributed by atoms with E-state index in [0.717, 1.165) is 44.3 Å². The molecular weight excluding hydrogens is 961 g/mol. The number of imidazole rings is 1. The fourth-order valence-corrected chi connectivity index (χ4v) is 11.1. The average Bonchev–Trinajstić information content (AvgIpc) is 1.62. The Kier molecular flexibility index (Phi) is 8.47. The van der Waals surface area contributed by atoms with Gasteiger partial charge >= 0.3 is 0 Å². The Morgan fingerprint density at radius 2 is 1.11 bits per heavy atom. The molecule has 5 nitrogen and oxygen atoms in total. The topological polar surface area (TPSA) is 35.9 Å². The van der Waals surface area contributed by atoms with Crippen molar-refractivity contribution >= 4 is 32.8 Å². The van der Waals surface area contributed by atoms with Crippen LogP contribution in [-0.2, 0) is 16.2 Å². The SMILES string of the molecule is [2H]c1c([2H])c([2H])c2c(c1[2H])-c1cc(C(C)(C)C)cc(-c3c(C([2H])([2H])[2H])cccc3C([2H])([2H])[2H])c1-[n+]1[c-]n(-c3cccc(Oc4ccc5c6ccccc6n(-c6cc(C(C)(C)C)ccn6)c5c4)c3)c3cc(-c4ccc(C(C)(C)C)cc4)cc(c31)-c1c([2H])c([2H])c([2H])c([2H])c1-2. The summed E-state index contributed by atoms with van der Waals surface area (Å²) in [7, 11) is 0. The van der Waals surface area contributed by atoms with Crippen molar-refractivity contribution in [1.29, 1.82) is 0 Å². The van der Waals surface area contributed by atoms with E-state index in [9.17, 15) is 11.0 Å². The summed E-state index contributed by atoms with van der Waals surface area (Å²) in [5, 5.41) is 2.03. The van der Waals surface area contributed by atoms with E-state index in [1.54, 1.807) is 27.3 Å². The number of aromatic nitrogens is 4. The van der Waals surface area contributed by atoms with E-state index in [-0.39, 0.29) is 77.7 Å². The van der Waals surface area contributed by atoms with Crippen LogP contribution in [0.2, 0.25) is 0 Å². The van der Waals surface area contributed by atoms with Crippen LogP contribution in [-0.4, -0.2) is 14.1 Å². The molecule has 13 rings (SSSR count). The maximum Gasteiger partial charge on any atom is 0.269 e. The molecular formula is C74H66N4O. The predicted molar refractivity (Wildman–Crippen MR) is 329 cm³/mol. The van der Waals surface area contributed by atoms with Crippen molar-refractivity contribution in [3.63, 3.8) is 0 Å². The summed E-state index contributed by atoms with van der Waals surface area (Å²) < 4.78 is 144. The van der Waals surface area contributed by atoms with E-state index >= 15 is 0 Å². The van der Waals surface area contributed by atoms with E-state index in [0.29, 0.717) is 33.8 Å². The Hall–Kier alpha value is -8.80. The molecule has 79 heavy (non-hydrogen) atoms. The molecule has 1 aliphatic rings.